The van der Waals surface area contributed by atoms with Crippen LogP contribution in [0.25, 0.3) is 21.9 Å². The fourth-order valence-corrected chi connectivity index (χ4v) is 4.56. The summed E-state index contributed by atoms with van der Waals surface area (Å²) in [4.78, 5) is 35.5. The van der Waals surface area contributed by atoms with E-state index in [4.69, 9.17) is 4.98 Å². The van der Waals surface area contributed by atoms with Crippen LogP contribution in [0.2, 0.25) is 0 Å². The number of piperidine rings is 1. The number of amides is 1. The van der Waals surface area contributed by atoms with E-state index in [1.807, 2.05) is 29.2 Å². The van der Waals surface area contributed by atoms with Gasteiger partial charge in [0.25, 0.3) is 5.56 Å². The van der Waals surface area contributed by atoms with Crippen LogP contribution in [-0.2, 0) is 11.3 Å². The van der Waals surface area contributed by atoms with Gasteiger partial charge in [-0.25, -0.2) is 4.98 Å². The standard InChI is InChI=1S/C21H24N4O2S/c1-3-10-25-20(27)19-18(15-6-4-5-7-16(15)22-19)23-21(25)28-13-17(26)24-11-8-14(2)9-12-24/h3-7,14,22H,1,8-13H2,2H3. The van der Waals surface area contributed by atoms with Gasteiger partial charge in [0.1, 0.15) is 11.0 Å². The molecule has 0 unspecified atom stereocenters. The Bertz CT molecular complexity index is 1090. The zero-order chi connectivity index (χ0) is 19.7. The van der Waals surface area contributed by atoms with Gasteiger partial charge in [-0.3, -0.25) is 14.2 Å². The maximum atomic E-state index is 13.0. The number of aromatic nitrogens is 3. The van der Waals surface area contributed by atoms with Crippen molar-refractivity contribution >= 4 is 39.6 Å². The molecule has 1 N–H and O–H groups in total. The van der Waals surface area contributed by atoms with Crippen LogP contribution in [-0.4, -0.2) is 44.2 Å². The summed E-state index contributed by atoms with van der Waals surface area (Å²) in [7, 11) is 0. The molecule has 0 saturated carbocycles. The fraction of sp³-hybridized carbons (Fsp3) is 0.381. The molecule has 0 atom stereocenters. The van der Waals surface area contributed by atoms with Crippen LogP contribution in [0.15, 0.2) is 46.9 Å². The molecule has 1 saturated heterocycles. The quantitative estimate of drug-likeness (QED) is 0.408. The van der Waals surface area contributed by atoms with Gasteiger partial charge < -0.3 is 9.88 Å². The van der Waals surface area contributed by atoms with Gasteiger partial charge in [-0.2, -0.15) is 0 Å². The average molecular weight is 397 g/mol. The number of fused-ring (bicyclic) bond motifs is 3. The number of nitrogens with one attached hydrogen (secondary N) is 1. The molecule has 1 amide bonds. The molecule has 0 bridgehead atoms. The normalized spacial score (nSPS) is 15.4. The van der Waals surface area contributed by atoms with Crippen LogP contribution >= 0.6 is 11.8 Å². The van der Waals surface area contributed by atoms with Gasteiger partial charge in [0, 0.05) is 30.5 Å². The molecule has 146 valence electrons. The molecule has 0 aliphatic carbocycles. The molecular formula is C21H24N4O2S. The highest BCUT2D eigenvalue weighted by Gasteiger charge is 2.22. The van der Waals surface area contributed by atoms with Crippen LogP contribution in [0.1, 0.15) is 19.8 Å². The first-order chi connectivity index (χ1) is 13.6. The van der Waals surface area contributed by atoms with Crippen LogP contribution in [0.3, 0.4) is 0 Å². The van der Waals surface area contributed by atoms with Gasteiger partial charge in [-0.15, -0.1) is 6.58 Å². The summed E-state index contributed by atoms with van der Waals surface area (Å²) < 4.78 is 1.58. The number of aromatic amines is 1. The Labute approximate surface area is 167 Å². The summed E-state index contributed by atoms with van der Waals surface area (Å²) in [5.41, 5.74) is 1.89. The van der Waals surface area contributed by atoms with E-state index in [9.17, 15) is 9.59 Å². The first-order valence-electron chi connectivity index (χ1n) is 9.61. The number of likely N-dealkylation sites (tertiary alicyclic amines) is 1. The molecule has 1 aromatic carbocycles. The van der Waals surface area contributed by atoms with Crippen LogP contribution in [0, 0.1) is 5.92 Å². The molecule has 28 heavy (non-hydrogen) atoms. The second-order valence-electron chi connectivity index (χ2n) is 7.34. The molecule has 0 radical (unpaired) electrons. The Hall–Kier alpha value is -2.54. The number of nitrogens with zero attached hydrogens (tertiary/aromatic N) is 3. The molecule has 0 spiro atoms. The number of benzene rings is 1. The predicted molar refractivity (Wildman–Crippen MR) is 114 cm³/mol. The zero-order valence-corrected chi connectivity index (χ0v) is 16.8. The lowest BCUT2D eigenvalue weighted by atomic mass is 9.99. The minimum absolute atomic E-state index is 0.107. The second-order valence-corrected chi connectivity index (χ2v) is 8.29. The number of hydrogen-bond acceptors (Lipinski definition) is 4. The lowest BCUT2D eigenvalue weighted by Crippen LogP contribution is -2.39. The Morgan fingerprint density at radius 3 is 2.86 bits per heavy atom. The van der Waals surface area contributed by atoms with Crippen molar-refractivity contribution in [2.24, 2.45) is 5.92 Å². The van der Waals surface area contributed by atoms with E-state index < -0.39 is 0 Å². The first kappa shape index (κ1) is 18.8. The molecule has 1 fully saturated rings. The van der Waals surface area contributed by atoms with E-state index in [1.54, 1.807) is 10.6 Å². The SMILES string of the molecule is C=CCn1c(SCC(=O)N2CCC(C)CC2)nc2c([nH]c3ccccc32)c1=O. The van der Waals surface area contributed by atoms with E-state index in [0.717, 1.165) is 36.8 Å². The van der Waals surface area contributed by atoms with Gasteiger partial charge in [0.15, 0.2) is 5.16 Å². The average Bonchev–Trinajstić information content (AvgIpc) is 3.08. The van der Waals surface area contributed by atoms with Crippen molar-refractivity contribution in [3.63, 3.8) is 0 Å². The lowest BCUT2D eigenvalue weighted by Gasteiger charge is -2.30. The van der Waals surface area contributed by atoms with E-state index in [2.05, 4.69) is 18.5 Å². The third-order valence-electron chi connectivity index (χ3n) is 5.35. The maximum absolute atomic E-state index is 13.0. The monoisotopic (exact) mass is 396 g/mol. The van der Waals surface area contributed by atoms with Crippen molar-refractivity contribution in [3.8, 4) is 0 Å². The van der Waals surface area contributed by atoms with Gasteiger partial charge in [-0.1, -0.05) is 43.0 Å². The summed E-state index contributed by atoms with van der Waals surface area (Å²) in [5.74, 6) is 1.07. The highest BCUT2D eigenvalue weighted by atomic mass is 32.2. The molecule has 3 heterocycles. The first-order valence-corrected chi connectivity index (χ1v) is 10.6. The predicted octanol–water partition coefficient (Wildman–Crippen LogP) is 3.41. The third-order valence-corrected chi connectivity index (χ3v) is 6.31. The second kappa shape index (κ2) is 7.83. The van der Waals surface area contributed by atoms with E-state index in [0.29, 0.717) is 28.7 Å². The van der Waals surface area contributed by atoms with E-state index >= 15 is 0 Å². The van der Waals surface area contributed by atoms with E-state index in [-0.39, 0.29) is 17.2 Å². The van der Waals surface area contributed by atoms with Crippen molar-refractivity contribution in [3.05, 3.63) is 47.3 Å². The highest BCUT2D eigenvalue weighted by molar-refractivity contribution is 7.99. The Balaban J connectivity index is 1.66. The fourth-order valence-electron chi connectivity index (χ4n) is 3.65. The third kappa shape index (κ3) is 3.46. The number of carbonyl (C=O) groups excluding carboxylic acids is 1. The van der Waals surface area contributed by atoms with Crippen LogP contribution in [0.5, 0.6) is 0 Å². The van der Waals surface area contributed by atoms with Crippen molar-refractivity contribution in [2.75, 3.05) is 18.8 Å². The largest absolute Gasteiger partial charge is 0.349 e. The number of hydrogen-bond donors (Lipinski definition) is 1. The van der Waals surface area contributed by atoms with E-state index in [1.165, 1.54) is 11.8 Å². The lowest BCUT2D eigenvalue weighted by molar-refractivity contribution is -0.129. The maximum Gasteiger partial charge on any atom is 0.278 e. The number of rotatable bonds is 5. The molecular weight excluding hydrogens is 372 g/mol. The Morgan fingerprint density at radius 2 is 2.11 bits per heavy atom. The van der Waals surface area contributed by atoms with Crippen LogP contribution in [0.4, 0.5) is 0 Å². The molecule has 3 aromatic rings. The smallest absolute Gasteiger partial charge is 0.278 e. The summed E-state index contributed by atoms with van der Waals surface area (Å²) in [6, 6.07) is 7.74. The number of allylic oxidation sites excluding steroid dienone is 1. The van der Waals surface area contributed by atoms with Gasteiger partial charge in [0.05, 0.1) is 5.75 Å². The molecule has 7 heteroatoms. The summed E-state index contributed by atoms with van der Waals surface area (Å²) in [6.45, 7) is 7.97. The Kier molecular flexibility index (Phi) is 5.26. The van der Waals surface area contributed by atoms with Crippen molar-refractivity contribution in [1.82, 2.24) is 19.4 Å². The number of carbonyl (C=O) groups is 1. The molecule has 1 aliphatic rings. The Morgan fingerprint density at radius 1 is 1.36 bits per heavy atom. The molecule has 2 aromatic heterocycles. The van der Waals surface area contributed by atoms with Crippen molar-refractivity contribution in [1.29, 1.82) is 0 Å². The van der Waals surface area contributed by atoms with Crippen molar-refractivity contribution < 1.29 is 4.79 Å². The zero-order valence-electron chi connectivity index (χ0n) is 16.0. The summed E-state index contributed by atoms with van der Waals surface area (Å²) in [5, 5.41) is 1.47. The number of H-pyrrole nitrogens is 1. The minimum atomic E-state index is -0.136. The summed E-state index contributed by atoms with van der Waals surface area (Å²) in [6.07, 6.45) is 3.78. The van der Waals surface area contributed by atoms with Gasteiger partial charge >= 0.3 is 0 Å². The highest BCUT2D eigenvalue weighted by Crippen LogP contribution is 2.25. The molecule has 4 rings (SSSR count). The van der Waals surface area contributed by atoms with Crippen LogP contribution < -0.4 is 5.56 Å². The number of para-hydroxylation sites is 1. The molecule has 1 aliphatic heterocycles. The van der Waals surface area contributed by atoms with Gasteiger partial charge in [0.2, 0.25) is 5.91 Å². The van der Waals surface area contributed by atoms with Crippen molar-refractivity contribution in [2.45, 2.75) is 31.5 Å². The summed E-state index contributed by atoms with van der Waals surface area (Å²) >= 11 is 1.33. The minimum Gasteiger partial charge on any atom is -0.349 e. The van der Waals surface area contributed by atoms with Gasteiger partial charge in [-0.05, 0) is 24.8 Å². The number of thioether (sulfide) groups is 1. The molecule has 6 nitrogen and oxygen atoms in total. The topological polar surface area (TPSA) is 71.0 Å².